The van der Waals surface area contributed by atoms with Crippen LogP contribution in [0.5, 0.6) is 0 Å². The fraction of sp³-hybridized carbons (Fsp3) is 0.889. The largest absolute Gasteiger partial charge is 0.444 e. The first-order chi connectivity index (χ1) is 6.07. The maximum Gasteiger partial charge on any atom is 0.404 e. The Labute approximate surface area is 79.4 Å². The molecule has 0 aromatic carbocycles. The first-order valence-electron chi connectivity index (χ1n) is 4.65. The summed E-state index contributed by atoms with van der Waals surface area (Å²) in [4.78, 5) is 10.4. The second-order valence-electron chi connectivity index (χ2n) is 3.07. The summed E-state index contributed by atoms with van der Waals surface area (Å²) in [6.45, 7) is 6.42. The lowest BCUT2D eigenvalue weighted by Gasteiger charge is -2.19. The molecule has 13 heavy (non-hydrogen) atoms. The van der Waals surface area contributed by atoms with Gasteiger partial charge in [0.2, 0.25) is 0 Å². The summed E-state index contributed by atoms with van der Waals surface area (Å²) in [6.07, 6.45) is 0.984. The van der Waals surface area contributed by atoms with Gasteiger partial charge in [0.1, 0.15) is 6.10 Å². The molecule has 2 atom stereocenters. The number of ether oxygens (including phenoxy) is 2. The molecule has 0 bridgehead atoms. The van der Waals surface area contributed by atoms with Gasteiger partial charge in [-0.05, 0) is 20.3 Å². The molecule has 2 N–H and O–H groups in total. The molecule has 0 spiro atoms. The Morgan fingerprint density at radius 3 is 2.46 bits per heavy atom. The fourth-order valence-electron chi connectivity index (χ4n) is 0.828. The van der Waals surface area contributed by atoms with Gasteiger partial charge in [0, 0.05) is 6.61 Å². The van der Waals surface area contributed by atoms with E-state index in [-0.39, 0.29) is 12.2 Å². The lowest BCUT2D eigenvalue weighted by molar-refractivity contribution is -0.0251. The van der Waals surface area contributed by atoms with Crippen LogP contribution in [-0.4, -0.2) is 24.9 Å². The van der Waals surface area contributed by atoms with Crippen molar-refractivity contribution in [3.8, 4) is 0 Å². The van der Waals surface area contributed by atoms with E-state index in [0.29, 0.717) is 6.61 Å². The molecule has 78 valence electrons. The molecule has 0 aliphatic rings. The maximum absolute atomic E-state index is 10.4. The molecule has 0 radical (unpaired) electrons. The molecule has 1 amide bonds. The Balaban J connectivity index is 3.56. The molecule has 4 heteroatoms. The van der Waals surface area contributed by atoms with Gasteiger partial charge in [-0.15, -0.1) is 0 Å². The van der Waals surface area contributed by atoms with E-state index < -0.39 is 6.09 Å². The van der Waals surface area contributed by atoms with Crippen LogP contribution in [0.15, 0.2) is 0 Å². The second-order valence-corrected chi connectivity index (χ2v) is 3.07. The molecule has 0 rings (SSSR count). The van der Waals surface area contributed by atoms with Crippen LogP contribution in [0.25, 0.3) is 0 Å². The summed E-state index contributed by atoms with van der Waals surface area (Å²) < 4.78 is 10.2. The minimum atomic E-state index is -0.751. The monoisotopic (exact) mass is 189 g/mol. The average Bonchev–Trinajstić information content (AvgIpc) is 2.03. The Morgan fingerprint density at radius 2 is 2.00 bits per heavy atom. The summed E-state index contributed by atoms with van der Waals surface area (Å²) in [6, 6.07) is 0. The number of rotatable bonds is 6. The predicted octanol–water partition coefficient (Wildman–Crippen LogP) is 1.68. The molecule has 0 aromatic rings. The van der Waals surface area contributed by atoms with Gasteiger partial charge in [0.05, 0.1) is 6.10 Å². The SMILES string of the molecule is CCCCOC(C)C(C)OC(N)=O. The number of nitrogens with two attached hydrogens (primary N) is 1. The molecular weight excluding hydrogens is 170 g/mol. The van der Waals surface area contributed by atoms with E-state index in [0.717, 1.165) is 12.8 Å². The number of hydrogen-bond donors (Lipinski definition) is 1. The Hall–Kier alpha value is -0.770. The van der Waals surface area contributed by atoms with Crippen LogP contribution in [0.3, 0.4) is 0 Å². The smallest absolute Gasteiger partial charge is 0.404 e. The Morgan fingerprint density at radius 1 is 1.38 bits per heavy atom. The highest BCUT2D eigenvalue weighted by atomic mass is 16.6. The van der Waals surface area contributed by atoms with Crippen molar-refractivity contribution in [2.45, 2.75) is 45.8 Å². The van der Waals surface area contributed by atoms with Crippen LogP contribution in [0, 0.1) is 0 Å². The van der Waals surface area contributed by atoms with Gasteiger partial charge < -0.3 is 15.2 Å². The molecular formula is C9H19NO3. The van der Waals surface area contributed by atoms with Gasteiger partial charge in [0.15, 0.2) is 0 Å². The maximum atomic E-state index is 10.4. The van der Waals surface area contributed by atoms with E-state index in [1.165, 1.54) is 0 Å². The highest BCUT2D eigenvalue weighted by Crippen LogP contribution is 2.04. The molecule has 0 aliphatic carbocycles. The molecule has 0 fully saturated rings. The number of amides is 1. The minimum Gasteiger partial charge on any atom is -0.444 e. The zero-order valence-electron chi connectivity index (χ0n) is 8.58. The summed E-state index contributed by atoms with van der Waals surface area (Å²) in [5.41, 5.74) is 4.87. The van der Waals surface area contributed by atoms with Crippen molar-refractivity contribution in [3.63, 3.8) is 0 Å². The Bertz CT molecular complexity index is 150. The van der Waals surface area contributed by atoms with Crippen molar-refractivity contribution in [3.05, 3.63) is 0 Å². The lowest BCUT2D eigenvalue weighted by atomic mass is 10.2. The summed E-state index contributed by atoms with van der Waals surface area (Å²) in [5, 5.41) is 0. The van der Waals surface area contributed by atoms with E-state index in [9.17, 15) is 4.79 Å². The summed E-state index contributed by atoms with van der Waals surface area (Å²) >= 11 is 0. The molecule has 0 heterocycles. The van der Waals surface area contributed by atoms with E-state index in [4.69, 9.17) is 15.2 Å². The third-order valence-electron chi connectivity index (χ3n) is 1.84. The molecule has 0 aliphatic heterocycles. The van der Waals surface area contributed by atoms with E-state index in [1.54, 1.807) is 6.92 Å². The van der Waals surface area contributed by atoms with Gasteiger partial charge in [-0.2, -0.15) is 0 Å². The van der Waals surface area contributed by atoms with Crippen LogP contribution in [0.4, 0.5) is 4.79 Å². The number of carbonyl (C=O) groups is 1. The third kappa shape index (κ3) is 6.40. The molecule has 0 saturated heterocycles. The van der Waals surface area contributed by atoms with Gasteiger partial charge in [-0.1, -0.05) is 13.3 Å². The number of carbonyl (C=O) groups excluding carboxylic acids is 1. The Kier molecular flexibility index (Phi) is 6.32. The topological polar surface area (TPSA) is 61.6 Å². The summed E-state index contributed by atoms with van der Waals surface area (Å²) in [5.74, 6) is 0. The van der Waals surface area contributed by atoms with Crippen molar-refractivity contribution in [1.29, 1.82) is 0 Å². The van der Waals surface area contributed by atoms with Crippen molar-refractivity contribution in [2.75, 3.05) is 6.61 Å². The van der Waals surface area contributed by atoms with Gasteiger partial charge in [-0.3, -0.25) is 0 Å². The lowest BCUT2D eigenvalue weighted by Crippen LogP contribution is -2.31. The fourth-order valence-corrected chi connectivity index (χ4v) is 0.828. The van der Waals surface area contributed by atoms with Gasteiger partial charge in [0.25, 0.3) is 0 Å². The molecule has 0 aromatic heterocycles. The standard InChI is InChI=1S/C9H19NO3/c1-4-5-6-12-7(2)8(3)13-9(10)11/h7-8H,4-6H2,1-3H3,(H2,10,11). The van der Waals surface area contributed by atoms with E-state index in [1.807, 2.05) is 6.92 Å². The van der Waals surface area contributed by atoms with E-state index >= 15 is 0 Å². The van der Waals surface area contributed by atoms with Gasteiger partial charge in [-0.25, -0.2) is 4.79 Å². The number of hydrogen-bond acceptors (Lipinski definition) is 3. The molecule has 0 saturated carbocycles. The van der Waals surface area contributed by atoms with Crippen molar-refractivity contribution in [2.24, 2.45) is 5.73 Å². The van der Waals surface area contributed by atoms with Crippen LogP contribution in [-0.2, 0) is 9.47 Å². The number of unbranched alkanes of at least 4 members (excludes halogenated alkanes) is 1. The zero-order chi connectivity index (χ0) is 10.3. The summed E-state index contributed by atoms with van der Waals surface area (Å²) in [7, 11) is 0. The molecule has 4 nitrogen and oxygen atoms in total. The van der Waals surface area contributed by atoms with Crippen LogP contribution in [0.2, 0.25) is 0 Å². The predicted molar refractivity (Wildman–Crippen MR) is 50.5 cm³/mol. The van der Waals surface area contributed by atoms with Crippen LogP contribution < -0.4 is 5.73 Å². The molecule has 2 unspecified atom stereocenters. The average molecular weight is 189 g/mol. The normalized spacial score (nSPS) is 15.0. The van der Waals surface area contributed by atoms with E-state index in [2.05, 4.69) is 6.92 Å². The highest BCUT2D eigenvalue weighted by Gasteiger charge is 2.15. The van der Waals surface area contributed by atoms with Gasteiger partial charge >= 0.3 is 6.09 Å². The van der Waals surface area contributed by atoms with Crippen LogP contribution >= 0.6 is 0 Å². The van der Waals surface area contributed by atoms with Crippen LogP contribution in [0.1, 0.15) is 33.6 Å². The quantitative estimate of drug-likeness (QED) is 0.646. The third-order valence-corrected chi connectivity index (χ3v) is 1.84. The minimum absolute atomic E-state index is 0.0981. The second kappa shape index (κ2) is 6.71. The van der Waals surface area contributed by atoms with Crippen molar-refractivity contribution < 1.29 is 14.3 Å². The van der Waals surface area contributed by atoms with Crippen molar-refractivity contribution in [1.82, 2.24) is 0 Å². The first-order valence-corrected chi connectivity index (χ1v) is 4.65. The first kappa shape index (κ1) is 12.2. The number of primary amides is 1. The highest BCUT2D eigenvalue weighted by molar-refractivity contribution is 5.64. The van der Waals surface area contributed by atoms with Crippen molar-refractivity contribution >= 4 is 6.09 Å². The zero-order valence-corrected chi connectivity index (χ0v) is 8.58.